The fourth-order valence-electron chi connectivity index (χ4n) is 4.79. The van der Waals surface area contributed by atoms with Crippen molar-refractivity contribution in [3.05, 3.63) is 89.7 Å². The highest BCUT2D eigenvalue weighted by Gasteiger charge is 2.31. The number of halogens is 1. The minimum absolute atomic E-state index is 0.0132. The van der Waals surface area contributed by atoms with Crippen molar-refractivity contribution < 1.29 is 31.9 Å². The summed E-state index contributed by atoms with van der Waals surface area (Å²) in [6, 6.07) is 19.2. The van der Waals surface area contributed by atoms with Crippen LogP contribution in [0.15, 0.2) is 72.8 Å². The van der Waals surface area contributed by atoms with Crippen LogP contribution < -0.4 is 19.1 Å². The Morgan fingerprint density at radius 3 is 2.36 bits per heavy atom. The molecular formula is C31H36FN3O6S. The summed E-state index contributed by atoms with van der Waals surface area (Å²) in [6.07, 6.45) is 1.42. The standard InChI is InChI=1S/C31H36FN3O6S/c1-22(2)33-31(37)27(18-23-10-5-4-6-11-23)34(20-24-12-7-8-13-26(24)32)30(36)14-9-17-35(42(3,38)39)25-15-16-28-29(19-25)41-21-40-28/h4-8,10-13,15-16,19,22,27H,9,14,17-18,20-21H2,1-3H3,(H,33,37)/t27-/m1/s1. The summed E-state index contributed by atoms with van der Waals surface area (Å²) >= 11 is 0. The van der Waals surface area contributed by atoms with Crippen molar-refractivity contribution in [2.24, 2.45) is 0 Å². The fraction of sp³-hybridized carbons (Fsp3) is 0.355. The first kappa shape index (κ1) is 30.8. The van der Waals surface area contributed by atoms with Crippen molar-refractivity contribution in [1.29, 1.82) is 0 Å². The van der Waals surface area contributed by atoms with Gasteiger partial charge in [-0.15, -0.1) is 0 Å². The molecule has 9 nitrogen and oxygen atoms in total. The molecule has 0 aliphatic carbocycles. The minimum Gasteiger partial charge on any atom is -0.454 e. The molecule has 3 aromatic carbocycles. The molecule has 1 heterocycles. The molecule has 0 unspecified atom stereocenters. The second kappa shape index (κ2) is 13.7. The van der Waals surface area contributed by atoms with Crippen LogP contribution in [0.2, 0.25) is 0 Å². The van der Waals surface area contributed by atoms with Crippen molar-refractivity contribution in [3.63, 3.8) is 0 Å². The third-order valence-electron chi connectivity index (χ3n) is 6.80. The van der Waals surface area contributed by atoms with Crippen molar-refractivity contribution in [2.75, 3.05) is 23.9 Å². The normalized spacial score (nSPS) is 13.1. The topological polar surface area (TPSA) is 105 Å². The number of nitrogens with zero attached hydrogens (tertiary/aromatic N) is 2. The maximum atomic E-state index is 14.8. The Bertz CT molecular complexity index is 1500. The summed E-state index contributed by atoms with van der Waals surface area (Å²) in [5.41, 5.74) is 1.51. The molecule has 0 bridgehead atoms. The second-order valence-corrected chi connectivity index (χ2v) is 12.4. The average Bonchev–Trinajstić information content (AvgIpc) is 3.41. The number of benzene rings is 3. The average molecular weight is 598 g/mol. The van der Waals surface area contributed by atoms with E-state index in [0.29, 0.717) is 17.2 Å². The molecule has 0 saturated carbocycles. The molecule has 4 rings (SSSR count). The Hall–Kier alpha value is -4.12. The third-order valence-corrected chi connectivity index (χ3v) is 7.99. The third kappa shape index (κ3) is 8.00. The first-order valence-electron chi connectivity index (χ1n) is 13.8. The van der Waals surface area contributed by atoms with Gasteiger partial charge in [0.2, 0.25) is 28.6 Å². The SMILES string of the molecule is CC(C)NC(=O)[C@@H](Cc1ccccc1)N(Cc1ccccc1F)C(=O)CCCN(c1ccc2c(c1)OCO2)S(C)(=O)=O. The number of ether oxygens (including phenoxy) is 2. The lowest BCUT2D eigenvalue weighted by Gasteiger charge is -2.32. The van der Waals surface area contributed by atoms with E-state index in [0.717, 1.165) is 11.8 Å². The number of sulfonamides is 1. The number of fused-ring (bicyclic) bond motifs is 1. The van der Waals surface area contributed by atoms with E-state index >= 15 is 0 Å². The van der Waals surface area contributed by atoms with E-state index in [4.69, 9.17) is 9.47 Å². The van der Waals surface area contributed by atoms with Crippen LogP contribution in [0.25, 0.3) is 0 Å². The largest absolute Gasteiger partial charge is 0.454 e. The number of carbonyl (C=O) groups is 2. The van der Waals surface area contributed by atoms with Crippen LogP contribution in [-0.2, 0) is 32.6 Å². The lowest BCUT2D eigenvalue weighted by atomic mass is 10.0. The molecule has 1 aliphatic heterocycles. The molecule has 0 spiro atoms. The maximum Gasteiger partial charge on any atom is 0.243 e. The number of rotatable bonds is 13. The van der Waals surface area contributed by atoms with Gasteiger partial charge in [0, 0.05) is 43.6 Å². The number of carbonyl (C=O) groups excluding carboxylic acids is 2. The van der Waals surface area contributed by atoms with Crippen molar-refractivity contribution in [2.45, 2.75) is 51.7 Å². The highest BCUT2D eigenvalue weighted by Crippen LogP contribution is 2.36. The first-order valence-corrected chi connectivity index (χ1v) is 15.6. The van der Waals surface area contributed by atoms with E-state index in [1.54, 1.807) is 36.4 Å². The Morgan fingerprint density at radius 1 is 0.976 bits per heavy atom. The van der Waals surface area contributed by atoms with E-state index in [1.165, 1.54) is 15.3 Å². The smallest absolute Gasteiger partial charge is 0.243 e. The van der Waals surface area contributed by atoms with Crippen LogP contribution in [0, 0.1) is 5.82 Å². The monoisotopic (exact) mass is 597 g/mol. The Morgan fingerprint density at radius 2 is 1.67 bits per heavy atom. The van der Waals surface area contributed by atoms with Gasteiger partial charge in [0.1, 0.15) is 11.9 Å². The maximum absolute atomic E-state index is 14.8. The van der Waals surface area contributed by atoms with Crippen LogP contribution in [0.1, 0.15) is 37.8 Å². The quantitative estimate of drug-likeness (QED) is 0.316. The predicted octanol–water partition coefficient (Wildman–Crippen LogP) is 4.27. The highest BCUT2D eigenvalue weighted by atomic mass is 32.2. The summed E-state index contributed by atoms with van der Waals surface area (Å²) in [7, 11) is -3.69. The summed E-state index contributed by atoms with van der Waals surface area (Å²) in [4.78, 5) is 28.7. The summed E-state index contributed by atoms with van der Waals surface area (Å²) in [5.74, 6) is -0.263. The van der Waals surface area contributed by atoms with Crippen LogP contribution in [0.3, 0.4) is 0 Å². The van der Waals surface area contributed by atoms with E-state index in [9.17, 15) is 22.4 Å². The van der Waals surface area contributed by atoms with Crippen molar-refractivity contribution >= 4 is 27.5 Å². The number of hydrogen-bond donors (Lipinski definition) is 1. The molecule has 3 aromatic rings. The van der Waals surface area contributed by atoms with Gasteiger partial charge in [0.05, 0.1) is 11.9 Å². The minimum atomic E-state index is -3.69. The second-order valence-electron chi connectivity index (χ2n) is 10.5. The predicted molar refractivity (Wildman–Crippen MR) is 158 cm³/mol. The number of nitrogens with one attached hydrogen (secondary N) is 1. The molecule has 11 heteroatoms. The van der Waals surface area contributed by atoms with Gasteiger partial charge in [0.15, 0.2) is 11.5 Å². The van der Waals surface area contributed by atoms with Gasteiger partial charge in [-0.1, -0.05) is 48.5 Å². The molecule has 224 valence electrons. The van der Waals surface area contributed by atoms with Crippen LogP contribution in [0.5, 0.6) is 11.5 Å². The summed E-state index contributed by atoms with van der Waals surface area (Å²) in [5, 5.41) is 2.90. The molecule has 2 amide bonds. The fourth-order valence-corrected chi connectivity index (χ4v) is 5.75. The first-order chi connectivity index (χ1) is 20.0. The molecule has 0 aromatic heterocycles. The van der Waals surface area contributed by atoms with Crippen LogP contribution in [0.4, 0.5) is 10.1 Å². The summed E-state index contributed by atoms with van der Waals surface area (Å²) in [6.45, 7) is 3.61. The molecular weight excluding hydrogens is 561 g/mol. The lowest BCUT2D eigenvalue weighted by Crippen LogP contribution is -2.52. The van der Waals surface area contributed by atoms with Crippen molar-refractivity contribution in [3.8, 4) is 11.5 Å². The molecule has 0 radical (unpaired) electrons. The zero-order valence-corrected chi connectivity index (χ0v) is 24.8. The van der Waals surface area contributed by atoms with Gasteiger partial charge >= 0.3 is 0 Å². The van der Waals surface area contributed by atoms with E-state index in [2.05, 4.69) is 5.32 Å². The van der Waals surface area contributed by atoms with Gasteiger partial charge in [-0.3, -0.25) is 13.9 Å². The number of amides is 2. The van der Waals surface area contributed by atoms with Gasteiger partial charge in [-0.2, -0.15) is 0 Å². The van der Waals surface area contributed by atoms with E-state index in [1.807, 2.05) is 44.2 Å². The molecule has 0 fully saturated rings. The molecule has 1 N–H and O–H groups in total. The Balaban J connectivity index is 1.58. The van der Waals surface area contributed by atoms with Crippen LogP contribution >= 0.6 is 0 Å². The van der Waals surface area contributed by atoms with Gasteiger partial charge < -0.3 is 19.7 Å². The summed E-state index contributed by atoms with van der Waals surface area (Å²) < 4.78 is 52.1. The molecule has 1 aliphatic rings. The van der Waals surface area contributed by atoms with Gasteiger partial charge in [0.25, 0.3) is 0 Å². The number of anilines is 1. The molecule has 1 atom stereocenters. The lowest BCUT2D eigenvalue weighted by molar-refractivity contribution is -0.141. The van der Waals surface area contributed by atoms with Gasteiger partial charge in [-0.05, 0) is 44.0 Å². The van der Waals surface area contributed by atoms with E-state index < -0.39 is 27.8 Å². The van der Waals surface area contributed by atoms with Crippen LogP contribution in [-0.4, -0.2) is 56.8 Å². The van der Waals surface area contributed by atoms with Gasteiger partial charge in [-0.25, -0.2) is 12.8 Å². The van der Waals surface area contributed by atoms with E-state index in [-0.39, 0.29) is 56.7 Å². The number of hydrogen-bond acceptors (Lipinski definition) is 6. The Kier molecular flexibility index (Phi) is 10.1. The molecule has 42 heavy (non-hydrogen) atoms. The highest BCUT2D eigenvalue weighted by molar-refractivity contribution is 7.92. The van der Waals surface area contributed by atoms with Crippen molar-refractivity contribution in [1.82, 2.24) is 10.2 Å². The Labute approximate surface area is 246 Å². The zero-order valence-electron chi connectivity index (χ0n) is 24.0. The zero-order chi connectivity index (χ0) is 30.3. The molecule has 0 saturated heterocycles.